The Balaban J connectivity index is 1.87. The molecule has 0 aliphatic heterocycles. The monoisotopic (exact) mass is 326 g/mol. The van der Waals surface area contributed by atoms with Gasteiger partial charge in [-0.05, 0) is 43.7 Å². The van der Waals surface area contributed by atoms with Crippen LogP contribution in [0, 0.1) is 5.92 Å². The molecule has 0 aromatic carbocycles. The number of amides is 1. The number of pyridine rings is 1. The lowest BCUT2D eigenvalue weighted by atomic mass is 9.89. The maximum Gasteiger partial charge on any atom is 0.256 e. The highest BCUT2D eigenvalue weighted by atomic mass is 79.9. The Morgan fingerprint density at radius 3 is 2.89 bits per heavy atom. The smallest absolute Gasteiger partial charge is 0.256 e. The van der Waals surface area contributed by atoms with E-state index in [9.17, 15) is 4.79 Å². The van der Waals surface area contributed by atoms with Gasteiger partial charge in [-0.3, -0.25) is 4.79 Å². The number of rotatable bonds is 4. The number of carbonyl (C=O) groups is 1. The molecule has 0 atom stereocenters. The third kappa shape index (κ3) is 3.93. The number of nitrogens with one attached hydrogen (secondary N) is 1. The van der Waals surface area contributed by atoms with Crippen LogP contribution in [0.5, 0.6) is 5.88 Å². The first kappa shape index (κ1) is 14.3. The number of alkyl halides is 1. The lowest BCUT2D eigenvalue weighted by Gasteiger charge is -2.25. The number of hydrogen-bond acceptors (Lipinski definition) is 3. The fourth-order valence-electron chi connectivity index (χ4n) is 2.38. The molecule has 4 nitrogen and oxygen atoms in total. The number of hydrogen-bond donors (Lipinski definition) is 1. The number of methoxy groups -OCH3 is 1. The molecule has 19 heavy (non-hydrogen) atoms. The van der Waals surface area contributed by atoms with Gasteiger partial charge >= 0.3 is 0 Å². The zero-order valence-corrected chi connectivity index (χ0v) is 12.6. The Hall–Kier alpha value is -1.10. The number of nitrogens with zero attached hydrogens (tertiary/aromatic N) is 1. The van der Waals surface area contributed by atoms with Crippen LogP contribution in [-0.4, -0.2) is 29.4 Å². The second-order valence-electron chi connectivity index (χ2n) is 4.89. The lowest BCUT2D eigenvalue weighted by molar-refractivity contribution is 0.0940. The van der Waals surface area contributed by atoms with Crippen LogP contribution in [0.25, 0.3) is 0 Å². The summed E-state index contributed by atoms with van der Waals surface area (Å²) in [6.07, 6.45) is 6.33. The first-order chi connectivity index (χ1) is 9.20. The van der Waals surface area contributed by atoms with E-state index in [0.29, 0.717) is 22.2 Å². The molecule has 1 amide bonds. The summed E-state index contributed by atoms with van der Waals surface area (Å²) in [7, 11) is 1.52. The molecule has 104 valence electrons. The zero-order chi connectivity index (χ0) is 13.7. The van der Waals surface area contributed by atoms with Gasteiger partial charge in [0.15, 0.2) is 0 Å². The van der Waals surface area contributed by atoms with Gasteiger partial charge in [0.2, 0.25) is 5.88 Å². The topological polar surface area (TPSA) is 51.2 Å². The van der Waals surface area contributed by atoms with Crippen LogP contribution in [0.15, 0.2) is 18.3 Å². The van der Waals surface area contributed by atoms with Crippen molar-refractivity contribution in [3.8, 4) is 5.88 Å². The predicted molar refractivity (Wildman–Crippen MR) is 77.8 cm³/mol. The molecule has 0 saturated heterocycles. The van der Waals surface area contributed by atoms with E-state index in [4.69, 9.17) is 4.74 Å². The van der Waals surface area contributed by atoms with Gasteiger partial charge in [-0.15, -0.1) is 0 Å². The van der Waals surface area contributed by atoms with Gasteiger partial charge in [-0.25, -0.2) is 4.98 Å². The van der Waals surface area contributed by atoms with E-state index >= 15 is 0 Å². The Kier molecular flexibility index (Phi) is 5.19. The van der Waals surface area contributed by atoms with Gasteiger partial charge in [0.1, 0.15) is 5.56 Å². The molecule has 2 rings (SSSR count). The minimum Gasteiger partial charge on any atom is -0.480 e. The van der Waals surface area contributed by atoms with Gasteiger partial charge in [0.25, 0.3) is 5.91 Å². The summed E-state index contributed by atoms with van der Waals surface area (Å²) in [4.78, 5) is 16.8. The summed E-state index contributed by atoms with van der Waals surface area (Å²) < 4.78 is 5.09. The second kappa shape index (κ2) is 6.89. The van der Waals surface area contributed by atoms with Crippen molar-refractivity contribution in [3.05, 3.63) is 23.9 Å². The molecular formula is C14H19BrN2O2. The average Bonchev–Trinajstić information content (AvgIpc) is 2.46. The fourth-order valence-corrected chi connectivity index (χ4v) is 2.91. The van der Waals surface area contributed by atoms with Crippen molar-refractivity contribution in [1.82, 2.24) is 10.3 Å². The molecule has 0 bridgehead atoms. The summed E-state index contributed by atoms with van der Waals surface area (Å²) in [5.41, 5.74) is 0.499. The highest BCUT2D eigenvalue weighted by Gasteiger charge is 2.20. The van der Waals surface area contributed by atoms with E-state index in [2.05, 4.69) is 26.2 Å². The van der Waals surface area contributed by atoms with E-state index in [-0.39, 0.29) is 5.91 Å². The Morgan fingerprint density at radius 2 is 2.21 bits per heavy atom. The van der Waals surface area contributed by atoms with Gasteiger partial charge < -0.3 is 10.1 Å². The normalized spacial score (nSPS) is 22.8. The summed E-state index contributed by atoms with van der Waals surface area (Å²) in [5.74, 6) is 0.857. The largest absolute Gasteiger partial charge is 0.480 e. The van der Waals surface area contributed by atoms with Gasteiger partial charge in [0, 0.05) is 17.6 Å². The fraction of sp³-hybridized carbons (Fsp3) is 0.571. The number of aromatic nitrogens is 1. The molecule has 0 spiro atoms. The van der Waals surface area contributed by atoms with Crippen molar-refractivity contribution >= 4 is 21.8 Å². The minimum atomic E-state index is -0.106. The first-order valence-corrected chi connectivity index (χ1v) is 7.53. The van der Waals surface area contributed by atoms with Crippen LogP contribution in [0.3, 0.4) is 0 Å². The molecule has 1 saturated carbocycles. The maximum atomic E-state index is 12.1. The van der Waals surface area contributed by atoms with Crippen LogP contribution in [0.1, 0.15) is 36.0 Å². The van der Waals surface area contributed by atoms with Crippen molar-refractivity contribution in [2.45, 2.75) is 30.5 Å². The zero-order valence-electron chi connectivity index (χ0n) is 11.1. The SMILES string of the molecule is COc1ncccc1C(=O)NCC1CCC(Br)CC1. The molecule has 1 N–H and O–H groups in total. The Morgan fingerprint density at radius 1 is 1.47 bits per heavy atom. The van der Waals surface area contributed by atoms with Crippen molar-refractivity contribution < 1.29 is 9.53 Å². The van der Waals surface area contributed by atoms with E-state index in [1.165, 1.54) is 32.8 Å². The van der Waals surface area contributed by atoms with Crippen molar-refractivity contribution in [2.24, 2.45) is 5.92 Å². The van der Waals surface area contributed by atoms with E-state index in [0.717, 1.165) is 6.54 Å². The summed E-state index contributed by atoms with van der Waals surface area (Å²) >= 11 is 3.64. The molecule has 0 radical (unpaired) electrons. The van der Waals surface area contributed by atoms with Crippen molar-refractivity contribution in [2.75, 3.05) is 13.7 Å². The highest BCUT2D eigenvalue weighted by Crippen LogP contribution is 2.28. The summed E-state index contributed by atoms with van der Waals surface area (Å²) in [5, 5.41) is 2.98. The minimum absolute atomic E-state index is 0.106. The van der Waals surface area contributed by atoms with E-state index < -0.39 is 0 Å². The third-order valence-corrected chi connectivity index (χ3v) is 4.45. The van der Waals surface area contributed by atoms with Crippen molar-refractivity contribution in [3.63, 3.8) is 0 Å². The second-order valence-corrected chi connectivity index (χ2v) is 6.18. The quantitative estimate of drug-likeness (QED) is 0.865. The van der Waals surface area contributed by atoms with Gasteiger partial charge in [-0.2, -0.15) is 0 Å². The standard InChI is InChI=1S/C14H19BrN2O2/c1-19-14-12(3-2-8-16-14)13(18)17-9-10-4-6-11(15)7-5-10/h2-3,8,10-11H,4-7,9H2,1H3,(H,17,18). The average molecular weight is 327 g/mol. The number of carbonyl (C=O) groups excluding carboxylic acids is 1. The third-order valence-electron chi connectivity index (χ3n) is 3.54. The molecule has 0 unspecified atom stereocenters. The molecule has 1 aliphatic rings. The Bertz CT molecular complexity index is 431. The predicted octanol–water partition coefficient (Wildman–Crippen LogP) is 2.77. The summed E-state index contributed by atoms with van der Waals surface area (Å²) in [6.45, 7) is 0.733. The van der Waals surface area contributed by atoms with Crippen LogP contribution in [0.2, 0.25) is 0 Å². The summed E-state index contributed by atoms with van der Waals surface area (Å²) in [6, 6.07) is 3.48. The van der Waals surface area contributed by atoms with Crippen molar-refractivity contribution in [1.29, 1.82) is 0 Å². The molecule has 1 aliphatic carbocycles. The highest BCUT2D eigenvalue weighted by molar-refractivity contribution is 9.09. The molecular weight excluding hydrogens is 308 g/mol. The molecule has 1 aromatic heterocycles. The van der Waals surface area contributed by atoms with Gasteiger partial charge in [-0.1, -0.05) is 15.9 Å². The molecule has 1 aromatic rings. The molecule has 1 heterocycles. The van der Waals surface area contributed by atoms with E-state index in [1.807, 2.05) is 0 Å². The first-order valence-electron chi connectivity index (χ1n) is 6.62. The van der Waals surface area contributed by atoms with Crippen LogP contribution < -0.4 is 10.1 Å². The van der Waals surface area contributed by atoms with Crippen LogP contribution >= 0.6 is 15.9 Å². The van der Waals surface area contributed by atoms with Crippen LogP contribution in [0.4, 0.5) is 0 Å². The van der Waals surface area contributed by atoms with E-state index in [1.54, 1.807) is 18.3 Å². The van der Waals surface area contributed by atoms with Gasteiger partial charge in [0.05, 0.1) is 7.11 Å². The maximum absolute atomic E-state index is 12.1. The lowest BCUT2D eigenvalue weighted by Crippen LogP contribution is -2.31. The Labute approximate surface area is 122 Å². The number of ether oxygens (including phenoxy) is 1. The molecule has 5 heteroatoms. The molecule has 1 fully saturated rings. The van der Waals surface area contributed by atoms with Crippen LogP contribution in [-0.2, 0) is 0 Å². The number of halogens is 1.